The zero-order valence-corrected chi connectivity index (χ0v) is 13.0. The van der Waals surface area contributed by atoms with Crippen molar-refractivity contribution in [3.8, 4) is 0 Å². The molecule has 0 spiro atoms. The van der Waals surface area contributed by atoms with Crippen LogP contribution in [0.2, 0.25) is 0 Å². The van der Waals surface area contributed by atoms with Gasteiger partial charge in [-0.25, -0.2) is 0 Å². The van der Waals surface area contributed by atoms with Gasteiger partial charge in [-0.15, -0.1) is 10.2 Å². The zero-order chi connectivity index (χ0) is 15.4. The van der Waals surface area contributed by atoms with Crippen LogP contribution in [0.1, 0.15) is 32.0 Å². The number of rotatable bonds is 5. The van der Waals surface area contributed by atoms with Crippen LogP contribution in [-0.2, 0) is 11.3 Å². The summed E-state index contributed by atoms with van der Waals surface area (Å²) in [6.45, 7) is 4.75. The number of pyridine rings is 1. The van der Waals surface area contributed by atoms with Crippen LogP contribution in [0, 0.1) is 11.8 Å². The Balaban J connectivity index is 1.51. The van der Waals surface area contributed by atoms with E-state index >= 15 is 0 Å². The lowest BCUT2D eigenvalue weighted by atomic mass is 9.84. The molecular formula is C16H23N5O. The van der Waals surface area contributed by atoms with Gasteiger partial charge in [-0.05, 0) is 49.9 Å². The Morgan fingerprint density at radius 2 is 2.23 bits per heavy atom. The molecule has 0 saturated carbocycles. The SMILES string of the molecule is CC(CC(=O)NCc1nnc2ccccn12)C1CCNCC1. The lowest BCUT2D eigenvalue weighted by molar-refractivity contribution is -0.122. The van der Waals surface area contributed by atoms with Crippen LogP contribution in [0.5, 0.6) is 0 Å². The molecule has 6 heteroatoms. The molecule has 1 fully saturated rings. The summed E-state index contributed by atoms with van der Waals surface area (Å²) in [7, 11) is 0. The second-order valence-electron chi connectivity index (χ2n) is 6.09. The van der Waals surface area contributed by atoms with E-state index in [-0.39, 0.29) is 5.91 Å². The number of nitrogens with one attached hydrogen (secondary N) is 2. The van der Waals surface area contributed by atoms with Gasteiger partial charge in [-0.3, -0.25) is 9.20 Å². The molecular weight excluding hydrogens is 278 g/mol. The first-order valence-electron chi connectivity index (χ1n) is 8.00. The predicted octanol–water partition coefficient (Wildman–Crippen LogP) is 1.37. The third kappa shape index (κ3) is 3.44. The Hall–Kier alpha value is -1.95. The molecule has 2 aromatic rings. The number of nitrogens with zero attached hydrogens (tertiary/aromatic N) is 3. The van der Waals surface area contributed by atoms with Gasteiger partial charge in [0.25, 0.3) is 0 Å². The van der Waals surface area contributed by atoms with Gasteiger partial charge in [0.1, 0.15) is 0 Å². The van der Waals surface area contributed by atoms with Crippen LogP contribution in [0.15, 0.2) is 24.4 Å². The highest BCUT2D eigenvalue weighted by Gasteiger charge is 2.22. The number of piperidine rings is 1. The summed E-state index contributed by atoms with van der Waals surface area (Å²) in [5, 5.41) is 14.5. The lowest BCUT2D eigenvalue weighted by Crippen LogP contribution is -2.33. The number of carbonyl (C=O) groups excluding carboxylic acids is 1. The second-order valence-corrected chi connectivity index (χ2v) is 6.09. The molecule has 1 atom stereocenters. The highest BCUT2D eigenvalue weighted by molar-refractivity contribution is 5.76. The predicted molar refractivity (Wildman–Crippen MR) is 84.2 cm³/mol. The van der Waals surface area contributed by atoms with Crippen molar-refractivity contribution in [2.24, 2.45) is 11.8 Å². The molecule has 3 rings (SSSR count). The van der Waals surface area contributed by atoms with Crippen molar-refractivity contribution in [1.29, 1.82) is 0 Å². The van der Waals surface area contributed by atoms with Crippen molar-refractivity contribution in [2.45, 2.75) is 32.7 Å². The molecule has 1 aliphatic rings. The number of fused-ring (bicyclic) bond motifs is 1. The fraction of sp³-hybridized carbons (Fsp3) is 0.562. The van der Waals surface area contributed by atoms with Gasteiger partial charge in [0.15, 0.2) is 11.5 Å². The minimum absolute atomic E-state index is 0.0960. The van der Waals surface area contributed by atoms with Gasteiger partial charge in [0.2, 0.25) is 5.91 Å². The van der Waals surface area contributed by atoms with E-state index in [1.165, 1.54) is 12.8 Å². The molecule has 1 saturated heterocycles. The summed E-state index contributed by atoms with van der Waals surface area (Å²) < 4.78 is 1.90. The topological polar surface area (TPSA) is 71.3 Å². The van der Waals surface area contributed by atoms with Crippen molar-refractivity contribution >= 4 is 11.6 Å². The van der Waals surface area contributed by atoms with E-state index in [0.29, 0.717) is 24.8 Å². The summed E-state index contributed by atoms with van der Waals surface area (Å²) in [5.74, 6) is 1.94. The van der Waals surface area contributed by atoms with Crippen molar-refractivity contribution in [3.05, 3.63) is 30.2 Å². The first-order valence-corrected chi connectivity index (χ1v) is 8.00. The Bertz CT molecular complexity index is 632. The van der Waals surface area contributed by atoms with E-state index in [1.54, 1.807) is 0 Å². The van der Waals surface area contributed by atoms with Gasteiger partial charge < -0.3 is 10.6 Å². The number of carbonyl (C=O) groups is 1. The average Bonchev–Trinajstić information content (AvgIpc) is 2.97. The molecule has 22 heavy (non-hydrogen) atoms. The molecule has 0 radical (unpaired) electrons. The maximum atomic E-state index is 12.1. The average molecular weight is 301 g/mol. The molecule has 3 heterocycles. The van der Waals surface area contributed by atoms with Crippen molar-refractivity contribution in [1.82, 2.24) is 25.2 Å². The summed E-state index contributed by atoms with van der Waals surface area (Å²) in [5.41, 5.74) is 0.801. The first-order chi connectivity index (χ1) is 10.7. The number of hydrogen-bond donors (Lipinski definition) is 2. The molecule has 1 unspecified atom stereocenters. The quantitative estimate of drug-likeness (QED) is 0.875. The Kier molecular flexibility index (Phi) is 4.68. The van der Waals surface area contributed by atoms with Crippen molar-refractivity contribution < 1.29 is 4.79 Å². The molecule has 6 nitrogen and oxygen atoms in total. The number of amides is 1. The molecule has 0 aliphatic carbocycles. The standard InChI is InChI=1S/C16H23N5O/c1-12(13-5-7-17-8-6-13)10-16(22)18-11-15-20-19-14-4-2-3-9-21(14)15/h2-4,9,12-13,17H,5-8,10-11H2,1H3,(H,18,22). The Labute approximate surface area is 130 Å². The van der Waals surface area contributed by atoms with E-state index in [4.69, 9.17) is 0 Å². The Morgan fingerprint density at radius 3 is 3.05 bits per heavy atom. The van der Waals surface area contributed by atoms with Crippen LogP contribution >= 0.6 is 0 Å². The second kappa shape index (κ2) is 6.87. The van der Waals surface area contributed by atoms with Crippen LogP contribution in [-0.4, -0.2) is 33.6 Å². The van der Waals surface area contributed by atoms with Crippen molar-refractivity contribution in [2.75, 3.05) is 13.1 Å². The maximum absolute atomic E-state index is 12.1. The molecule has 2 aromatic heterocycles. The normalized spacial score (nSPS) is 17.5. The van der Waals surface area contributed by atoms with Crippen LogP contribution in [0.25, 0.3) is 5.65 Å². The van der Waals surface area contributed by atoms with Gasteiger partial charge >= 0.3 is 0 Å². The van der Waals surface area contributed by atoms with E-state index in [2.05, 4.69) is 27.8 Å². The monoisotopic (exact) mass is 301 g/mol. The first kappa shape index (κ1) is 15.0. The zero-order valence-electron chi connectivity index (χ0n) is 13.0. The minimum Gasteiger partial charge on any atom is -0.349 e. The summed E-state index contributed by atoms with van der Waals surface area (Å²) in [6.07, 6.45) is 4.84. The summed E-state index contributed by atoms with van der Waals surface area (Å²) >= 11 is 0. The van der Waals surface area contributed by atoms with E-state index in [0.717, 1.165) is 24.6 Å². The van der Waals surface area contributed by atoms with Crippen LogP contribution < -0.4 is 10.6 Å². The smallest absolute Gasteiger partial charge is 0.220 e. The number of aromatic nitrogens is 3. The van der Waals surface area contributed by atoms with Gasteiger partial charge in [-0.2, -0.15) is 0 Å². The summed E-state index contributed by atoms with van der Waals surface area (Å²) in [4.78, 5) is 12.1. The highest BCUT2D eigenvalue weighted by Crippen LogP contribution is 2.24. The largest absolute Gasteiger partial charge is 0.349 e. The van der Waals surface area contributed by atoms with E-state index in [1.807, 2.05) is 28.8 Å². The molecule has 1 aliphatic heterocycles. The minimum atomic E-state index is 0.0960. The molecule has 1 amide bonds. The Morgan fingerprint density at radius 1 is 1.41 bits per heavy atom. The van der Waals surface area contributed by atoms with Gasteiger partial charge in [-0.1, -0.05) is 13.0 Å². The fourth-order valence-corrected chi connectivity index (χ4v) is 3.13. The molecule has 118 valence electrons. The van der Waals surface area contributed by atoms with Crippen molar-refractivity contribution in [3.63, 3.8) is 0 Å². The fourth-order valence-electron chi connectivity index (χ4n) is 3.13. The third-order valence-electron chi connectivity index (χ3n) is 4.52. The molecule has 2 N–H and O–H groups in total. The molecule has 0 bridgehead atoms. The number of hydrogen-bond acceptors (Lipinski definition) is 4. The van der Waals surface area contributed by atoms with E-state index < -0.39 is 0 Å². The van der Waals surface area contributed by atoms with Gasteiger partial charge in [0.05, 0.1) is 6.54 Å². The van der Waals surface area contributed by atoms with Crippen LogP contribution in [0.4, 0.5) is 0 Å². The van der Waals surface area contributed by atoms with Crippen LogP contribution in [0.3, 0.4) is 0 Å². The lowest BCUT2D eigenvalue weighted by Gasteiger charge is -2.27. The molecule has 0 aromatic carbocycles. The summed E-state index contributed by atoms with van der Waals surface area (Å²) in [6, 6.07) is 5.76. The third-order valence-corrected chi connectivity index (χ3v) is 4.52. The highest BCUT2D eigenvalue weighted by atomic mass is 16.1. The van der Waals surface area contributed by atoms with E-state index in [9.17, 15) is 4.79 Å². The maximum Gasteiger partial charge on any atom is 0.220 e. The van der Waals surface area contributed by atoms with Gasteiger partial charge in [0, 0.05) is 12.6 Å².